The molecule has 2 N–H and O–H groups in total. The fraction of sp³-hybridized carbons (Fsp3) is 0.455. The van der Waals surface area contributed by atoms with E-state index in [0.717, 1.165) is 17.0 Å². The highest BCUT2D eigenvalue weighted by molar-refractivity contribution is 5.81. The smallest absolute Gasteiger partial charge is 0.226 e. The second kappa shape index (κ2) is 4.22. The van der Waals surface area contributed by atoms with Crippen molar-refractivity contribution in [3.63, 3.8) is 0 Å². The van der Waals surface area contributed by atoms with Crippen LogP contribution in [-0.4, -0.2) is 10.9 Å². The average molecular weight is 192 g/mol. The average Bonchev–Trinajstić information content (AvgIpc) is 2.02. The number of amides is 1. The normalized spacial score (nSPS) is 12.5. The maximum atomic E-state index is 11.1. The maximum absolute atomic E-state index is 11.1. The molecule has 0 fully saturated rings. The van der Waals surface area contributed by atoms with E-state index >= 15 is 0 Å². The van der Waals surface area contributed by atoms with Crippen molar-refractivity contribution < 1.29 is 4.79 Å². The fourth-order valence-electron chi connectivity index (χ4n) is 1.61. The molecule has 14 heavy (non-hydrogen) atoms. The zero-order valence-electron chi connectivity index (χ0n) is 8.87. The molecule has 1 amide bonds. The molecule has 0 radical (unpaired) electrons. The Kier molecular flexibility index (Phi) is 3.23. The van der Waals surface area contributed by atoms with Crippen LogP contribution >= 0.6 is 0 Å². The summed E-state index contributed by atoms with van der Waals surface area (Å²) in [5.74, 6) is -0.557. The van der Waals surface area contributed by atoms with Gasteiger partial charge in [-0.25, -0.2) is 0 Å². The Hall–Kier alpha value is -1.38. The van der Waals surface area contributed by atoms with E-state index < -0.39 is 0 Å². The standard InChI is InChI=1S/C11H16N2O/c1-4-9(11(12)14)10-6-7(2)5-8(3)13-10/h5-6,9H,4H2,1-3H3,(H2,12,14). The van der Waals surface area contributed by atoms with Crippen LogP contribution in [0.4, 0.5) is 0 Å². The number of carbonyl (C=O) groups is 1. The second-order valence-electron chi connectivity index (χ2n) is 3.57. The molecule has 0 aliphatic carbocycles. The van der Waals surface area contributed by atoms with Gasteiger partial charge in [0.05, 0.1) is 11.6 Å². The van der Waals surface area contributed by atoms with Crippen molar-refractivity contribution >= 4 is 5.91 Å². The second-order valence-corrected chi connectivity index (χ2v) is 3.57. The number of aryl methyl sites for hydroxylation is 2. The van der Waals surface area contributed by atoms with Crippen LogP contribution in [-0.2, 0) is 4.79 Å². The number of nitrogens with two attached hydrogens (primary N) is 1. The van der Waals surface area contributed by atoms with Crippen LogP contribution in [0.3, 0.4) is 0 Å². The number of hydrogen-bond acceptors (Lipinski definition) is 2. The van der Waals surface area contributed by atoms with Crippen LogP contribution in [0.15, 0.2) is 12.1 Å². The molecule has 0 aliphatic heterocycles. The lowest BCUT2D eigenvalue weighted by Gasteiger charge is -2.11. The van der Waals surface area contributed by atoms with Gasteiger partial charge in [0, 0.05) is 5.69 Å². The molecule has 1 aromatic heterocycles. The monoisotopic (exact) mass is 192 g/mol. The highest BCUT2D eigenvalue weighted by Gasteiger charge is 2.17. The van der Waals surface area contributed by atoms with Gasteiger partial charge < -0.3 is 5.73 Å². The summed E-state index contributed by atoms with van der Waals surface area (Å²) in [4.78, 5) is 15.5. The highest BCUT2D eigenvalue weighted by Crippen LogP contribution is 2.18. The van der Waals surface area contributed by atoms with E-state index in [-0.39, 0.29) is 11.8 Å². The van der Waals surface area contributed by atoms with Crippen LogP contribution in [0, 0.1) is 13.8 Å². The first kappa shape index (κ1) is 10.7. The minimum absolute atomic E-state index is 0.256. The van der Waals surface area contributed by atoms with Gasteiger partial charge in [0.25, 0.3) is 0 Å². The highest BCUT2D eigenvalue weighted by atomic mass is 16.1. The number of aromatic nitrogens is 1. The van der Waals surface area contributed by atoms with Gasteiger partial charge in [0.15, 0.2) is 0 Å². The van der Waals surface area contributed by atoms with E-state index in [1.165, 1.54) is 0 Å². The quantitative estimate of drug-likeness (QED) is 0.792. The summed E-state index contributed by atoms with van der Waals surface area (Å²) < 4.78 is 0. The third-order valence-corrected chi connectivity index (χ3v) is 2.23. The van der Waals surface area contributed by atoms with Crippen LogP contribution in [0.25, 0.3) is 0 Å². The maximum Gasteiger partial charge on any atom is 0.226 e. The molecule has 1 atom stereocenters. The minimum atomic E-state index is -0.301. The summed E-state index contributed by atoms with van der Waals surface area (Å²) in [5.41, 5.74) is 8.14. The molecule has 0 spiro atoms. The van der Waals surface area contributed by atoms with E-state index in [0.29, 0.717) is 6.42 Å². The largest absolute Gasteiger partial charge is 0.369 e. The SMILES string of the molecule is CCC(C(N)=O)c1cc(C)cc(C)n1. The number of pyridine rings is 1. The molecule has 0 saturated heterocycles. The van der Waals surface area contributed by atoms with E-state index in [1.807, 2.05) is 32.9 Å². The molecule has 3 nitrogen and oxygen atoms in total. The van der Waals surface area contributed by atoms with Gasteiger partial charge in [-0.2, -0.15) is 0 Å². The summed E-state index contributed by atoms with van der Waals surface area (Å²) in [6.45, 7) is 5.85. The summed E-state index contributed by atoms with van der Waals surface area (Å²) in [6.07, 6.45) is 0.700. The number of carbonyl (C=O) groups excluding carboxylic acids is 1. The van der Waals surface area contributed by atoms with E-state index in [9.17, 15) is 4.79 Å². The lowest BCUT2D eigenvalue weighted by molar-refractivity contribution is -0.119. The van der Waals surface area contributed by atoms with E-state index in [2.05, 4.69) is 4.98 Å². The Bertz CT molecular complexity index is 327. The number of nitrogens with zero attached hydrogens (tertiary/aromatic N) is 1. The summed E-state index contributed by atoms with van der Waals surface area (Å²) in [5, 5.41) is 0. The van der Waals surface area contributed by atoms with Crippen molar-refractivity contribution in [2.24, 2.45) is 5.73 Å². The van der Waals surface area contributed by atoms with E-state index in [1.54, 1.807) is 0 Å². The summed E-state index contributed by atoms with van der Waals surface area (Å²) in [6, 6.07) is 3.91. The van der Waals surface area contributed by atoms with Crippen LogP contribution in [0.5, 0.6) is 0 Å². The fourth-order valence-corrected chi connectivity index (χ4v) is 1.61. The van der Waals surface area contributed by atoms with Gasteiger partial charge in [-0.1, -0.05) is 6.92 Å². The Labute approximate surface area is 84.3 Å². The van der Waals surface area contributed by atoms with Crippen LogP contribution < -0.4 is 5.73 Å². The lowest BCUT2D eigenvalue weighted by Crippen LogP contribution is -2.21. The first-order valence-corrected chi connectivity index (χ1v) is 4.79. The van der Waals surface area contributed by atoms with Crippen molar-refractivity contribution in [2.45, 2.75) is 33.1 Å². The molecule has 0 aliphatic rings. The summed E-state index contributed by atoms with van der Waals surface area (Å²) >= 11 is 0. The Balaban J connectivity index is 3.10. The predicted octanol–water partition coefficient (Wildman–Crippen LogP) is 1.68. The lowest BCUT2D eigenvalue weighted by atomic mass is 9.99. The van der Waals surface area contributed by atoms with Gasteiger partial charge in [0.2, 0.25) is 5.91 Å². The van der Waals surface area contributed by atoms with Crippen molar-refractivity contribution in [3.05, 3.63) is 29.1 Å². The third kappa shape index (κ3) is 2.31. The molecular weight excluding hydrogens is 176 g/mol. The van der Waals surface area contributed by atoms with Gasteiger partial charge in [-0.3, -0.25) is 9.78 Å². The summed E-state index contributed by atoms with van der Waals surface area (Å²) in [7, 11) is 0. The van der Waals surface area contributed by atoms with Crippen molar-refractivity contribution in [1.82, 2.24) is 4.98 Å². The molecule has 3 heteroatoms. The Morgan fingerprint density at radius 3 is 2.57 bits per heavy atom. The van der Waals surface area contributed by atoms with Crippen molar-refractivity contribution in [2.75, 3.05) is 0 Å². The topological polar surface area (TPSA) is 56.0 Å². The van der Waals surface area contributed by atoms with Gasteiger partial charge >= 0.3 is 0 Å². The molecule has 0 aromatic carbocycles. The molecule has 1 rings (SSSR count). The first-order valence-electron chi connectivity index (χ1n) is 4.79. The molecule has 1 aromatic rings. The molecule has 76 valence electrons. The third-order valence-electron chi connectivity index (χ3n) is 2.23. The van der Waals surface area contributed by atoms with E-state index in [4.69, 9.17) is 5.73 Å². The Morgan fingerprint density at radius 1 is 1.50 bits per heavy atom. The number of hydrogen-bond donors (Lipinski definition) is 1. The molecular formula is C11H16N2O. The van der Waals surface area contributed by atoms with Crippen LogP contribution in [0.1, 0.15) is 36.2 Å². The zero-order valence-corrected chi connectivity index (χ0v) is 8.87. The van der Waals surface area contributed by atoms with Gasteiger partial charge in [-0.15, -0.1) is 0 Å². The number of rotatable bonds is 3. The number of primary amides is 1. The molecule has 1 unspecified atom stereocenters. The molecule has 0 bridgehead atoms. The van der Waals surface area contributed by atoms with Crippen LogP contribution in [0.2, 0.25) is 0 Å². The minimum Gasteiger partial charge on any atom is -0.369 e. The van der Waals surface area contributed by atoms with Crippen molar-refractivity contribution in [3.8, 4) is 0 Å². The molecule has 1 heterocycles. The van der Waals surface area contributed by atoms with Crippen molar-refractivity contribution in [1.29, 1.82) is 0 Å². The Morgan fingerprint density at radius 2 is 2.14 bits per heavy atom. The predicted molar refractivity (Wildman–Crippen MR) is 55.9 cm³/mol. The molecule has 0 saturated carbocycles. The van der Waals surface area contributed by atoms with Gasteiger partial charge in [0.1, 0.15) is 0 Å². The zero-order chi connectivity index (χ0) is 10.7. The van der Waals surface area contributed by atoms with Gasteiger partial charge in [-0.05, 0) is 38.0 Å². The first-order chi connectivity index (χ1) is 6.54.